The molecule has 0 spiro atoms. The van der Waals surface area contributed by atoms with Crippen LogP contribution in [0.5, 0.6) is 0 Å². The summed E-state index contributed by atoms with van der Waals surface area (Å²) in [6.07, 6.45) is 7.39. The van der Waals surface area contributed by atoms with Gasteiger partial charge in [-0.15, -0.1) is 0 Å². The molecule has 20 heavy (non-hydrogen) atoms. The number of nitrogens with zero attached hydrogens (tertiary/aromatic N) is 2. The van der Waals surface area contributed by atoms with Crippen LogP contribution in [0.25, 0.3) is 0 Å². The molecule has 4 fully saturated rings. The molecular weight excluding hydrogens is 252 g/mol. The fraction of sp³-hybridized carbons (Fsp3) is 0.750. The van der Waals surface area contributed by atoms with Crippen LogP contribution in [0.15, 0.2) is 6.07 Å². The minimum atomic E-state index is -0.828. The first kappa shape index (κ1) is 12.4. The molecular formula is C16H22N2O2. The van der Waals surface area contributed by atoms with E-state index in [0.717, 1.165) is 24.0 Å². The molecule has 0 unspecified atom stereocenters. The smallest absolute Gasteiger partial charge is 0.354 e. The zero-order valence-corrected chi connectivity index (χ0v) is 12.0. The third-order valence-corrected chi connectivity index (χ3v) is 5.83. The summed E-state index contributed by atoms with van der Waals surface area (Å²) in [6, 6.07) is 2.11. The van der Waals surface area contributed by atoms with E-state index in [1.54, 1.807) is 6.07 Å². The number of carboxylic acids is 1. The van der Waals surface area contributed by atoms with Gasteiger partial charge in [-0.1, -0.05) is 6.92 Å². The first-order chi connectivity index (χ1) is 9.65. The number of aromatic nitrogens is 2. The number of hydrogen-bond donors (Lipinski definition) is 1. The SMILES string of the molecule is CCc1cc(C(=O)O)n(C2C3CC4CC(C3)CC2C4)n1. The Morgan fingerprint density at radius 1 is 1.25 bits per heavy atom. The van der Waals surface area contributed by atoms with Crippen molar-refractivity contribution in [3.63, 3.8) is 0 Å². The van der Waals surface area contributed by atoms with Crippen molar-refractivity contribution in [2.45, 2.75) is 51.5 Å². The van der Waals surface area contributed by atoms with Crippen LogP contribution >= 0.6 is 0 Å². The molecule has 1 aromatic rings. The van der Waals surface area contributed by atoms with Crippen LogP contribution in [0.4, 0.5) is 0 Å². The summed E-state index contributed by atoms with van der Waals surface area (Å²) < 4.78 is 1.88. The van der Waals surface area contributed by atoms with E-state index >= 15 is 0 Å². The topological polar surface area (TPSA) is 55.1 Å². The lowest BCUT2D eigenvalue weighted by molar-refractivity contribution is -0.0348. The second-order valence-electron chi connectivity index (χ2n) is 7.05. The summed E-state index contributed by atoms with van der Waals surface area (Å²) in [4.78, 5) is 11.5. The maximum atomic E-state index is 11.5. The Bertz CT molecular complexity index is 521. The molecule has 108 valence electrons. The van der Waals surface area contributed by atoms with Crippen LogP contribution in [-0.2, 0) is 6.42 Å². The maximum absolute atomic E-state index is 11.5. The number of aromatic carboxylic acids is 1. The highest BCUT2D eigenvalue weighted by Crippen LogP contribution is 2.58. The van der Waals surface area contributed by atoms with Crippen LogP contribution in [0, 0.1) is 23.7 Å². The van der Waals surface area contributed by atoms with E-state index in [-0.39, 0.29) is 0 Å². The number of carbonyl (C=O) groups is 1. The highest BCUT2D eigenvalue weighted by molar-refractivity contribution is 5.85. The van der Waals surface area contributed by atoms with Gasteiger partial charge in [0.15, 0.2) is 0 Å². The van der Waals surface area contributed by atoms with Crippen molar-refractivity contribution >= 4 is 5.97 Å². The number of rotatable bonds is 3. The van der Waals surface area contributed by atoms with E-state index < -0.39 is 5.97 Å². The van der Waals surface area contributed by atoms with E-state index in [9.17, 15) is 9.90 Å². The molecule has 0 atom stereocenters. The lowest BCUT2D eigenvalue weighted by Gasteiger charge is -2.54. The van der Waals surface area contributed by atoms with Gasteiger partial charge in [0, 0.05) is 0 Å². The van der Waals surface area contributed by atoms with Crippen LogP contribution in [0.2, 0.25) is 0 Å². The van der Waals surface area contributed by atoms with Crippen molar-refractivity contribution in [1.29, 1.82) is 0 Å². The first-order valence-corrected chi connectivity index (χ1v) is 7.97. The minimum Gasteiger partial charge on any atom is -0.477 e. The van der Waals surface area contributed by atoms with Gasteiger partial charge in [-0.25, -0.2) is 4.79 Å². The van der Waals surface area contributed by atoms with Gasteiger partial charge in [0.2, 0.25) is 0 Å². The van der Waals surface area contributed by atoms with Crippen molar-refractivity contribution in [2.75, 3.05) is 0 Å². The van der Waals surface area contributed by atoms with Crippen LogP contribution < -0.4 is 0 Å². The lowest BCUT2D eigenvalue weighted by atomic mass is 9.54. The summed E-state index contributed by atoms with van der Waals surface area (Å²) in [6.45, 7) is 2.04. The monoisotopic (exact) mass is 274 g/mol. The Labute approximate surface area is 119 Å². The second kappa shape index (κ2) is 4.34. The summed E-state index contributed by atoms with van der Waals surface area (Å²) in [5, 5.41) is 14.1. The lowest BCUT2D eigenvalue weighted by Crippen LogP contribution is -2.46. The van der Waals surface area contributed by atoms with Gasteiger partial charge in [-0.3, -0.25) is 4.68 Å². The largest absolute Gasteiger partial charge is 0.477 e. The van der Waals surface area contributed by atoms with Gasteiger partial charge in [-0.05, 0) is 68.3 Å². The summed E-state index contributed by atoms with van der Waals surface area (Å²) >= 11 is 0. The minimum absolute atomic E-state index is 0.342. The summed E-state index contributed by atoms with van der Waals surface area (Å²) in [5.41, 5.74) is 1.32. The van der Waals surface area contributed by atoms with Crippen molar-refractivity contribution < 1.29 is 9.90 Å². The second-order valence-corrected chi connectivity index (χ2v) is 7.05. The quantitative estimate of drug-likeness (QED) is 0.921. The molecule has 1 N–H and O–H groups in total. The molecule has 0 aliphatic heterocycles. The van der Waals surface area contributed by atoms with Crippen molar-refractivity contribution in [3.8, 4) is 0 Å². The molecule has 5 rings (SSSR count). The molecule has 4 nitrogen and oxygen atoms in total. The highest BCUT2D eigenvalue weighted by atomic mass is 16.4. The molecule has 0 radical (unpaired) electrons. The Morgan fingerprint density at radius 2 is 1.85 bits per heavy atom. The fourth-order valence-corrected chi connectivity index (χ4v) is 5.30. The zero-order chi connectivity index (χ0) is 13.9. The average molecular weight is 274 g/mol. The highest BCUT2D eigenvalue weighted by Gasteiger charge is 2.49. The van der Waals surface area contributed by atoms with E-state index in [2.05, 4.69) is 5.10 Å². The first-order valence-electron chi connectivity index (χ1n) is 7.97. The molecule has 4 aliphatic rings. The maximum Gasteiger partial charge on any atom is 0.354 e. The predicted molar refractivity (Wildman–Crippen MR) is 74.6 cm³/mol. The van der Waals surface area contributed by atoms with Crippen molar-refractivity contribution in [1.82, 2.24) is 9.78 Å². The third-order valence-electron chi connectivity index (χ3n) is 5.83. The van der Waals surface area contributed by atoms with Crippen LogP contribution in [-0.4, -0.2) is 20.9 Å². The fourth-order valence-electron chi connectivity index (χ4n) is 5.30. The average Bonchev–Trinajstić information content (AvgIpc) is 2.81. The van der Waals surface area contributed by atoms with Gasteiger partial charge in [0.25, 0.3) is 0 Å². The summed E-state index contributed by atoms with van der Waals surface area (Å²) in [5.74, 6) is 2.31. The molecule has 0 amide bonds. The van der Waals surface area contributed by atoms with E-state index in [1.807, 2.05) is 11.6 Å². The Morgan fingerprint density at radius 3 is 2.35 bits per heavy atom. The third kappa shape index (κ3) is 1.73. The van der Waals surface area contributed by atoms with E-state index in [1.165, 1.54) is 32.1 Å². The number of carboxylic acid groups (broad SMARTS) is 1. The van der Waals surface area contributed by atoms with Gasteiger partial charge in [0.1, 0.15) is 5.69 Å². The Kier molecular flexibility index (Phi) is 2.69. The molecule has 1 heterocycles. The molecule has 4 heteroatoms. The standard InChI is InChI=1S/C16H22N2O2/c1-2-13-8-14(16(19)20)18(17-13)15-11-4-9-3-10(6-11)7-12(15)5-9/h8-12,15H,2-7H2,1H3,(H,19,20). The molecule has 1 aromatic heterocycles. The zero-order valence-electron chi connectivity index (χ0n) is 12.0. The van der Waals surface area contributed by atoms with E-state index in [0.29, 0.717) is 23.6 Å². The number of aryl methyl sites for hydroxylation is 1. The number of hydrogen-bond acceptors (Lipinski definition) is 2. The van der Waals surface area contributed by atoms with Gasteiger partial charge in [-0.2, -0.15) is 5.10 Å². The molecule has 4 bridgehead atoms. The van der Waals surface area contributed by atoms with Crippen molar-refractivity contribution in [3.05, 3.63) is 17.5 Å². The van der Waals surface area contributed by atoms with E-state index in [4.69, 9.17) is 0 Å². The Hall–Kier alpha value is -1.32. The molecule has 4 saturated carbocycles. The van der Waals surface area contributed by atoms with Crippen LogP contribution in [0.1, 0.15) is 61.3 Å². The van der Waals surface area contributed by atoms with Gasteiger partial charge < -0.3 is 5.11 Å². The van der Waals surface area contributed by atoms with Crippen molar-refractivity contribution in [2.24, 2.45) is 23.7 Å². The normalized spacial score (nSPS) is 38.4. The Balaban J connectivity index is 1.74. The molecule has 0 saturated heterocycles. The molecule has 4 aliphatic carbocycles. The molecule has 0 aromatic carbocycles. The van der Waals surface area contributed by atoms with Crippen LogP contribution in [0.3, 0.4) is 0 Å². The summed E-state index contributed by atoms with van der Waals surface area (Å²) in [7, 11) is 0. The van der Waals surface area contributed by atoms with Gasteiger partial charge in [0.05, 0.1) is 11.7 Å². The predicted octanol–water partition coefficient (Wildman–Crippen LogP) is 3.14. The van der Waals surface area contributed by atoms with Gasteiger partial charge >= 0.3 is 5.97 Å².